The molecule has 0 bridgehead atoms. The van der Waals surface area contributed by atoms with E-state index < -0.39 is 0 Å². The number of rotatable bonds is 5. The average Bonchev–Trinajstić information content (AvgIpc) is 3.17. The van der Waals surface area contributed by atoms with Gasteiger partial charge < -0.3 is 19.0 Å². The molecule has 0 aliphatic carbocycles. The van der Waals surface area contributed by atoms with Crippen LogP contribution in [0.25, 0.3) is 0 Å². The normalized spacial score (nSPS) is 17.1. The summed E-state index contributed by atoms with van der Waals surface area (Å²) in [5, 5.41) is 6.64. The van der Waals surface area contributed by atoms with Gasteiger partial charge in [-0.2, -0.15) is 0 Å². The minimum absolute atomic E-state index is 0.0273. The molecule has 3 heterocycles. The summed E-state index contributed by atoms with van der Waals surface area (Å²) >= 11 is 0. The van der Waals surface area contributed by atoms with E-state index in [1.807, 2.05) is 19.1 Å². The number of nitrogens with zero attached hydrogens (tertiary/aromatic N) is 2. The van der Waals surface area contributed by atoms with Crippen LogP contribution >= 0.6 is 0 Å². The first kappa shape index (κ1) is 15.8. The van der Waals surface area contributed by atoms with Crippen LogP contribution in [0.3, 0.4) is 0 Å². The van der Waals surface area contributed by atoms with Crippen LogP contribution < -0.4 is 5.32 Å². The largest absolute Gasteiger partial charge is 0.465 e. The van der Waals surface area contributed by atoms with E-state index in [1.54, 1.807) is 13.0 Å². The molecule has 0 unspecified atom stereocenters. The van der Waals surface area contributed by atoms with Gasteiger partial charge in [0, 0.05) is 25.7 Å². The fraction of sp³-hybridized carbons (Fsp3) is 0.500. The smallest absolute Gasteiger partial charge is 0.289 e. The lowest BCUT2D eigenvalue weighted by Crippen LogP contribution is -2.43. The fourth-order valence-electron chi connectivity index (χ4n) is 2.68. The summed E-state index contributed by atoms with van der Waals surface area (Å²) in [5.41, 5.74) is 0.682. The molecule has 0 saturated carbocycles. The highest BCUT2D eigenvalue weighted by atomic mass is 16.5. The van der Waals surface area contributed by atoms with Crippen LogP contribution in [-0.2, 0) is 4.74 Å². The summed E-state index contributed by atoms with van der Waals surface area (Å²) in [4.78, 5) is 14.4. The Bertz CT molecular complexity index is 658. The van der Waals surface area contributed by atoms with Crippen molar-refractivity contribution in [2.75, 3.05) is 32.8 Å². The van der Waals surface area contributed by atoms with Crippen molar-refractivity contribution in [1.29, 1.82) is 0 Å². The zero-order valence-corrected chi connectivity index (χ0v) is 13.4. The third-order valence-corrected chi connectivity index (χ3v) is 3.88. The molecule has 2 aromatic heterocycles. The molecule has 1 fully saturated rings. The van der Waals surface area contributed by atoms with Gasteiger partial charge in [-0.25, -0.2) is 0 Å². The monoisotopic (exact) mass is 319 g/mol. The lowest BCUT2D eigenvalue weighted by molar-refractivity contribution is 0.0116. The van der Waals surface area contributed by atoms with Crippen LogP contribution in [0, 0.1) is 13.8 Å². The quantitative estimate of drug-likeness (QED) is 0.903. The molecule has 1 N–H and O–H groups in total. The van der Waals surface area contributed by atoms with E-state index in [2.05, 4.69) is 15.4 Å². The first-order valence-corrected chi connectivity index (χ1v) is 7.73. The van der Waals surface area contributed by atoms with Crippen LogP contribution in [0.2, 0.25) is 0 Å². The molecule has 0 spiro atoms. The number of carbonyl (C=O) groups excluding carboxylic acids is 1. The Balaban J connectivity index is 1.69. The number of aromatic nitrogens is 1. The minimum Gasteiger partial charge on any atom is -0.465 e. The Labute approximate surface area is 134 Å². The number of ether oxygens (including phenoxy) is 1. The number of morpholine rings is 1. The SMILES string of the molecule is Cc1cc(C(=O)NC[C@H](c2ccc(C)o2)N2CCOCC2)on1. The molecule has 0 radical (unpaired) electrons. The van der Waals surface area contributed by atoms with Crippen molar-refractivity contribution in [1.82, 2.24) is 15.4 Å². The maximum Gasteiger partial charge on any atom is 0.289 e. The van der Waals surface area contributed by atoms with Crippen molar-refractivity contribution < 1.29 is 18.5 Å². The molecular formula is C16H21N3O4. The first-order chi connectivity index (χ1) is 11.1. The van der Waals surface area contributed by atoms with Crippen LogP contribution in [-0.4, -0.2) is 48.8 Å². The Hall–Kier alpha value is -2.12. The molecule has 124 valence electrons. The molecule has 7 heteroatoms. The molecule has 1 amide bonds. The Kier molecular flexibility index (Phi) is 4.78. The van der Waals surface area contributed by atoms with E-state index in [0.717, 1.165) is 24.6 Å². The number of amides is 1. The molecule has 1 aliphatic rings. The third-order valence-electron chi connectivity index (χ3n) is 3.88. The lowest BCUT2D eigenvalue weighted by atomic mass is 10.1. The molecule has 1 atom stereocenters. The van der Waals surface area contributed by atoms with Crippen LogP contribution in [0.15, 0.2) is 27.1 Å². The predicted octanol–water partition coefficient (Wildman–Crippen LogP) is 1.69. The number of nitrogens with one attached hydrogen (secondary N) is 1. The van der Waals surface area contributed by atoms with Crippen molar-refractivity contribution in [2.24, 2.45) is 0 Å². The number of carbonyl (C=O) groups is 1. The molecular weight excluding hydrogens is 298 g/mol. The highest BCUT2D eigenvalue weighted by molar-refractivity contribution is 5.91. The summed E-state index contributed by atoms with van der Waals surface area (Å²) in [5.74, 6) is 1.65. The van der Waals surface area contributed by atoms with Gasteiger partial charge >= 0.3 is 0 Å². The van der Waals surface area contributed by atoms with Gasteiger partial charge in [0.2, 0.25) is 5.76 Å². The molecule has 1 aliphatic heterocycles. The van der Waals surface area contributed by atoms with Crippen molar-refractivity contribution >= 4 is 5.91 Å². The highest BCUT2D eigenvalue weighted by Gasteiger charge is 2.26. The average molecular weight is 319 g/mol. The molecule has 2 aromatic rings. The summed E-state index contributed by atoms with van der Waals surface area (Å²) in [6, 6.07) is 5.49. The van der Waals surface area contributed by atoms with E-state index in [1.165, 1.54) is 0 Å². The topological polar surface area (TPSA) is 80.7 Å². The van der Waals surface area contributed by atoms with Gasteiger partial charge in [0.05, 0.1) is 24.9 Å². The maximum absolute atomic E-state index is 12.2. The van der Waals surface area contributed by atoms with Crippen LogP contribution in [0.5, 0.6) is 0 Å². The van der Waals surface area contributed by atoms with E-state index in [-0.39, 0.29) is 17.7 Å². The Morgan fingerprint density at radius 3 is 2.74 bits per heavy atom. The summed E-state index contributed by atoms with van der Waals surface area (Å²) in [7, 11) is 0. The number of hydrogen-bond acceptors (Lipinski definition) is 6. The summed E-state index contributed by atoms with van der Waals surface area (Å²) in [6.07, 6.45) is 0. The maximum atomic E-state index is 12.2. The van der Waals surface area contributed by atoms with E-state index >= 15 is 0 Å². The summed E-state index contributed by atoms with van der Waals surface area (Å²) < 4.78 is 16.2. The molecule has 7 nitrogen and oxygen atoms in total. The van der Waals surface area contributed by atoms with Crippen molar-refractivity contribution in [2.45, 2.75) is 19.9 Å². The second-order valence-electron chi connectivity index (χ2n) is 5.66. The van der Waals surface area contributed by atoms with Crippen LogP contribution in [0.1, 0.15) is 33.8 Å². The van der Waals surface area contributed by atoms with Gasteiger partial charge in [0.25, 0.3) is 5.91 Å². The van der Waals surface area contributed by atoms with Gasteiger partial charge in [-0.15, -0.1) is 0 Å². The number of furan rings is 1. The van der Waals surface area contributed by atoms with E-state index in [0.29, 0.717) is 25.5 Å². The van der Waals surface area contributed by atoms with E-state index in [4.69, 9.17) is 13.7 Å². The van der Waals surface area contributed by atoms with Gasteiger partial charge in [-0.1, -0.05) is 5.16 Å². The zero-order valence-electron chi connectivity index (χ0n) is 13.4. The highest BCUT2D eigenvalue weighted by Crippen LogP contribution is 2.23. The molecule has 0 aromatic carbocycles. The number of aryl methyl sites for hydroxylation is 2. The van der Waals surface area contributed by atoms with E-state index in [9.17, 15) is 4.79 Å². The van der Waals surface area contributed by atoms with Crippen molar-refractivity contribution in [3.8, 4) is 0 Å². The van der Waals surface area contributed by atoms with Crippen molar-refractivity contribution in [3.05, 3.63) is 41.2 Å². The van der Waals surface area contributed by atoms with Gasteiger partial charge in [-0.3, -0.25) is 9.69 Å². The standard InChI is InChI=1S/C16H21N3O4/c1-11-9-15(23-18-11)16(20)17-10-13(14-4-3-12(2)22-14)19-5-7-21-8-6-19/h3-4,9,13H,5-8,10H2,1-2H3,(H,17,20)/t13-/m1/s1. The predicted molar refractivity (Wildman–Crippen MR) is 82.2 cm³/mol. The van der Waals surface area contributed by atoms with Crippen LogP contribution in [0.4, 0.5) is 0 Å². The minimum atomic E-state index is -0.271. The second kappa shape index (κ2) is 6.97. The Morgan fingerprint density at radius 1 is 1.35 bits per heavy atom. The van der Waals surface area contributed by atoms with Crippen molar-refractivity contribution in [3.63, 3.8) is 0 Å². The third kappa shape index (κ3) is 3.80. The Morgan fingerprint density at radius 2 is 2.13 bits per heavy atom. The fourth-order valence-corrected chi connectivity index (χ4v) is 2.68. The van der Waals surface area contributed by atoms with Gasteiger partial charge in [0.1, 0.15) is 11.5 Å². The number of hydrogen-bond donors (Lipinski definition) is 1. The molecule has 1 saturated heterocycles. The van der Waals surface area contributed by atoms with Gasteiger partial charge in [-0.05, 0) is 26.0 Å². The lowest BCUT2D eigenvalue weighted by Gasteiger charge is -2.33. The molecule has 23 heavy (non-hydrogen) atoms. The second-order valence-corrected chi connectivity index (χ2v) is 5.66. The molecule has 3 rings (SSSR count). The summed E-state index contributed by atoms with van der Waals surface area (Å²) in [6.45, 7) is 7.12. The zero-order chi connectivity index (χ0) is 16.2. The first-order valence-electron chi connectivity index (χ1n) is 7.73. The van der Waals surface area contributed by atoms with Gasteiger partial charge in [0.15, 0.2) is 0 Å².